The summed E-state index contributed by atoms with van der Waals surface area (Å²) >= 11 is 0. The van der Waals surface area contributed by atoms with Gasteiger partial charge in [-0.2, -0.15) is 0 Å². The first-order valence-corrected chi connectivity index (χ1v) is 5.11. The summed E-state index contributed by atoms with van der Waals surface area (Å²) in [6.45, 7) is 4.49. The summed E-state index contributed by atoms with van der Waals surface area (Å²) in [7, 11) is 2.00. The fourth-order valence-corrected chi connectivity index (χ4v) is 1.81. The lowest BCUT2D eigenvalue weighted by atomic mass is 9.95. The maximum absolute atomic E-state index is 12.0. The average molecular weight is 200 g/mol. The molecule has 1 aromatic heterocycles. The van der Waals surface area contributed by atoms with Gasteiger partial charge >= 0.3 is 0 Å². The highest BCUT2D eigenvalue weighted by molar-refractivity contribution is 6.33. The minimum Gasteiger partial charge on any atom is -0.297 e. The van der Waals surface area contributed by atoms with Gasteiger partial charge in [0.25, 0.3) is 5.56 Å². The highest BCUT2D eigenvalue weighted by Crippen LogP contribution is 2.05. The number of benzene rings is 1. The molecule has 0 saturated heterocycles. The molecule has 2 rings (SSSR count). The monoisotopic (exact) mass is 200 g/mol. The molecule has 1 aromatic carbocycles. The largest absolute Gasteiger partial charge is 0.297 e. The average Bonchev–Trinajstić information content (AvgIpc) is 2.17. The van der Waals surface area contributed by atoms with Gasteiger partial charge in [0.05, 0.1) is 10.9 Å². The Balaban J connectivity index is 2.91. The van der Waals surface area contributed by atoms with Crippen LogP contribution in [0.5, 0.6) is 0 Å². The molecule has 15 heavy (non-hydrogen) atoms. The van der Waals surface area contributed by atoms with Crippen LogP contribution in [0.15, 0.2) is 23.0 Å². The predicted octanol–water partition coefficient (Wildman–Crippen LogP) is -0.0168. The predicted molar refractivity (Wildman–Crippen MR) is 64.6 cm³/mol. The van der Waals surface area contributed by atoms with Crippen LogP contribution in [0.25, 0.3) is 10.9 Å². The Morgan fingerprint density at radius 2 is 2.20 bits per heavy atom. The minimum atomic E-state index is 0.0556. The van der Waals surface area contributed by atoms with Gasteiger partial charge in [0.1, 0.15) is 13.7 Å². The second kappa shape index (κ2) is 3.53. The van der Waals surface area contributed by atoms with Crippen molar-refractivity contribution in [2.45, 2.75) is 20.4 Å². The lowest BCUT2D eigenvalue weighted by Crippen LogP contribution is -2.23. The molecule has 0 fully saturated rings. The summed E-state index contributed by atoms with van der Waals surface area (Å²) in [6, 6.07) is 5.75. The Morgan fingerprint density at radius 1 is 1.47 bits per heavy atom. The Labute approximate surface area is 89.2 Å². The Kier molecular flexibility index (Phi) is 2.35. The van der Waals surface area contributed by atoms with E-state index in [1.54, 1.807) is 4.57 Å². The van der Waals surface area contributed by atoms with Crippen LogP contribution in [0.1, 0.15) is 12.7 Å². The fourth-order valence-electron chi connectivity index (χ4n) is 1.81. The first-order chi connectivity index (χ1) is 7.13. The second-order valence-electron chi connectivity index (χ2n) is 3.73. The molecule has 4 heteroatoms. The van der Waals surface area contributed by atoms with Gasteiger partial charge in [-0.3, -0.25) is 9.36 Å². The van der Waals surface area contributed by atoms with Crippen molar-refractivity contribution in [2.75, 3.05) is 0 Å². The summed E-state index contributed by atoms with van der Waals surface area (Å²) in [6.07, 6.45) is 0. The number of hydrogen-bond acceptors (Lipinski definition) is 2. The first kappa shape index (κ1) is 9.96. The van der Waals surface area contributed by atoms with Crippen LogP contribution in [-0.2, 0) is 6.54 Å². The molecule has 0 saturated carbocycles. The van der Waals surface area contributed by atoms with E-state index in [-0.39, 0.29) is 5.56 Å². The third kappa shape index (κ3) is 1.56. The van der Waals surface area contributed by atoms with Crippen molar-refractivity contribution < 1.29 is 0 Å². The number of aromatic nitrogens is 2. The number of nitrogens with zero attached hydrogens (tertiary/aromatic N) is 2. The van der Waals surface area contributed by atoms with Gasteiger partial charge in [-0.1, -0.05) is 11.5 Å². The molecule has 0 bridgehead atoms. The SMILES string of the molecule is Bc1ccc2c(=O)n(CC)c(C)nc2c1. The molecule has 3 nitrogen and oxygen atoms in total. The van der Waals surface area contributed by atoms with Crippen LogP contribution in [0.2, 0.25) is 0 Å². The van der Waals surface area contributed by atoms with Crippen molar-refractivity contribution in [3.8, 4) is 0 Å². The second-order valence-corrected chi connectivity index (χ2v) is 3.73. The number of hydrogen-bond donors (Lipinski definition) is 0. The normalized spacial score (nSPS) is 10.8. The molecule has 0 atom stereocenters. The zero-order valence-corrected chi connectivity index (χ0v) is 9.24. The zero-order chi connectivity index (χ0) is 11.0. The van der Waals surface area contributed by atoms with Gasteiger partial charge in [-0.05, 0) is 26.0 Å². The van der Waals surface area contributed by atoms with Gasteiger partial charge in [-0.25, -0.2) is 4.98 Å². The van der Waals surface area contributed by atoms with E-state index in [2.05, 4.69) is 4.98 Å². The summed E-state index contributed by atoms with van der Waals surface area (Å²) in [5.41, 5.74) is 1.98. The standard InChI is InChI=1S/C11H13BN2O/c1-3-14-7(2)13-10-6-8(12)4-5-9(10)11(14)15/h4-6H,3,12H2,1-2H3. The maximum Gasteiger partial charge on any atom is 0.261 e. The third-order valence-corrected chi connectivity index (χ3v) is 2.62. The highest BCUT2D eigenvalue weighted by Gasteiger charge is 2.05. The van der Waals surface area contributed by atoms with E-state index in [0.29, 0.717) is 11.9 Å². The molecule has 0 amide bonds. The van der Waals surface area contributed by atoms with Crippen molar-refractivity contribution in [1.82, 2.24) is 9.55 Å². The van der Waals surface area contributed by atoms with E-state index in [4.69, 9.17) is 0 Å². The van der Waals surface area contributed by atoms with Crippen LogP contribution in [-0.4, -0.2) is 17.4 Å². The molecule has 0 radical (unpaired) electrons. The molecule has 0 aliphatic rings. The smallest absolute Gasteiger partial charge is 0.261 e. The summed E-state index contributed by atoms with van der Waals surface area (Å²) < 4.78 is 1.69. The van der Waals surface area contributed by atoms with Crippen molar-refractivity contribution in [3.05, 3.63) is 34.4 Å². The number of rotatable bonds is 1. The van der Waals surface area contributed by atoms with E-state index in [9.17, 15) is 4.79 Å². The van der Waals surface area contributed by atoms with Crippen molar-refractivity contribution in [3.63, 3.8) is 0 Å². The third-order valence-electron chi connectivity index (χ3n) is 2.62. The van der Waals surface area contributed by atoms with Gasteiger partial charge in [0, 0.05) is 6.54 Å². The van der Waals surface area contributed by atoms with Gasteiger partial charge in [-0.15, -0.1) is 0 Å². The molecule has 0 spiro atoms. The van der Waals surface area contributed by atoms with Crippen LogP contribution < -0.4 is 11.0 Å². The zero-order valence-electron chi connectivity index (χ0n) is 9.24. The van der Waals surface area contributed by atoms with E-state index < -0.39 is 0 Å². The molecule has 76 valence electrons. The van der Waals surface area contributed by atoms with E-state index in [1.807, 2.05) is 39.9 Å². The molecular formula is C11H13BN2O. The van der Waals surface area contributed by atoms with E-state index >= 15 is 0 Å². The van der Waals surface area contributed by atoms with E-state index in [1.165, 1.54) is 0 Å². The van der Waals surface area contributed by atoms with Gasteiger partial charge in [0.2, 0.25) is 0 Å². The Hall–Kier alpha value is -1.58. The van der Waals surface area contributed by atoms with E-state index in [0.717, 1.165) is 16.8 Å². The van der Waals surface area contributed by atoms with Gasteiger partial charge < -0.3 is 0 Å². The molecule has 2 aromatic rings. The minimum absolute atomic E-state index is 0.0556. The van der Waals surface area contributed by atoms with Crippen LogP contribution in [0.4, 0.5) is 0 Å². The maximum atomic E-state index is 12.0. The summed E-state index contributed by atoms with van der Waals surface area (Å²) in [5, 5.41) is 0.702. The quantitative estimate of drug-likeness (QED) is 0.606. The Morgan fingerprint density at radius 3 is 2.87 bits per heavy atom. The molecule has 0 aliphatic heterocycles. The molecular weight excluding hydrogens is 187 g/mol. The number of fused-ring (bicyclic) bond motifs is 1. The summed E-state index contributed by atoms with van der Waals surface area (Å²) in [5.74, 6) is 0.778. The lowest BCUT2D eigenvalue weighted by Gasteiger charge is -2.08. The molecule has 0 unspecified atom stereocenters. The highest BCUT2D eigenvalue weighted by atomic mass is 16.1. The van der Waals surface area contributed by atoms with Crippen LogP contribution in [0, 0.1) is 6.92 Å². The lowest BCUT2D eigenvalue weighted by molar-refractivity contribution is 0.686. The van der Waals surface area contributed by atoms with Crippen molar-refractivity contribution in [2.24, 2.45) is 0 Å². The van der Waals surface area contributed by atoms with Crippen LogP contribution >= 0.6 is 0 Å². The molecule has 1 heterocycles. The fraction of sp³-hybridized carbons (Fsp3) is 0.273. The topological polar surface area (TPSA) is 34.9 Å². The first-order valence-electron chi connectivity index (χ1n) is 5.11. The summed E-state index contributed by atoms with van der Waals surface area (Å²) in [4.78, 5) is 16.4. The Bertz CT molecular complexity index is 575. The number of aryl methyl sites for hydroxylation is 1. The van der Waals surface area contributed by atoms with Gasteiger partial charge in [0.15, 0.2) is 0 Å². The van der Waals surface area contributed by atoms with Crippen LogP contribution in [0.3, 0.4) is 0 Å². The van der Waals surface area contributed by atoms with Crippen molar-refractivity contribution >= 4 is 24.2 Å². The molecule has 0 N–H and O–H groups in total. The van der Waals surface area contributed by atoms with Crippen molar-refractivity contribution in [1.29, 1.82) is 0 Å². The molecule has 0 aliphatic carbocycles.